The Morgan fingerprint density at radius 3 is 2.07 bits per heavy atom. The lowest BCUT2D eigenvalue weighted by molar-refractivity contribution is 0.0813. The lowest BCUT2D eigenvalue weighted by Crippen LogP contribution is -2.23. The fourth-order valence-corrected chi connectivity index (χ4v) is 4.08. The summed E-state index contributed by atoms with van der Waals surface area (Å²) in [7, 11) is 5.91. The van der Waals surface area contributed by atoms with Crippen LogP contribution in [0.25, 0.3) is 21.9 Å². The van der Waals surface area contributed by atoms with Gasteiger partial charge in [0.05, 0.1) is 46.0 Å². The van der Waals surface area contributed by atoms with E-state index in [9.17, 15) is 14.7 Å². The van der Waals surface area contributed by atoms with Crippen LogP contribution in [-0.2, 0) is 6.61 Å². The molecule has 0 aliphatic heterocycles. The molecule has 0 atom stereocenters. The average Bonchev–Trinajstić information content (AvgIpc) is 2.79. The molecule has 1 N–H and O–H groups in total. The van der Waals surface area contributed by atoms with Gasteiger partial charge in [-0.2, -0.15) is 0 Å². The van der Waals surface area contributed by atoms with Crippen LogP contribution < -0.4 is 18.9 Å². The molecule has 0 heterocycles. The third-order valence-corrected chi connectivity index (χ3v) is 5.32. The van der Waals surface area contributed by atoms with Gasteiger partial charge in [0, 0.05) is 22.1 Å². The van der Waals surface area contributed by atoms with E-state index in [-0.39, 0.29) is 23.5 Å². The zero-order chi connectivity index (χ0) is 21.6. The zero-order valence-electron chi connectivity index (χ0n) is 17.0. The summed E-state index contributed by atoms with van der Waals surface area (Å²) in [5.74, 6) is 0.0334. The normalized spacial score (nSPS) is 12.4. The summed E-state index contributed by atoms with van der Waals surface area (Å²) >= 11 is 0. The van der Waals surface area contributed by atoms with Crippen LogP contribution in [0, 0.1) is 0 Å². The third-order valence-electron chi connectivity index (χ3n) is 5.32. The second-order valence-electron chi connectivity index (χ2n) is 6.74. The Labute approximate surface area is 172 Å². The molecule has 4 rings (SSSR count). The molecule has 7 nitrogen and oxygen atoms in total. The Morgan fingerprint density at radius 2 is 1.47 bits per heavy atom. The van der Waals surface area contributed by atoms with Gasteiger partial charge in [-0.3, -0.25) is 9.59 Å². The van der Waals surface area contributed by atoms with Crippen LogP contribution in [0.1, 0.15) is 26.3 Å². The molecule has 0 spiro atoms. The SMILES string of the molecule is COc1cc(CO)cc2c1-c1c(c(OC)c3c(OC)cccc3c1OC)C(=O)C2=O. The first-order chi connectivity index (χ1) is 14.5. The number of hydrogen-bond donors (Lipinski definition) is 1. The van der Waals surface area contributed by atoms with E-state index in [1.165, 1.54) is 34.5 Å². The van der Waals surface area contributed by atoms with E-state index in [0.717, 1.165) is 0 Å². The number of fused-ring (bicyclic) bond motifs is 4. The number of ether oxygens (including phenoxy) is 4. The maximum Gasteiger partial charge on any atom is 0.238 e. The van der Waals surface area contributed by atoms with Crippen molar-refractivity contribution >= 4 is 22.3 Å². The largest absolute Gasteiger partial charge is 0.496 e. The van der Waals surface area contributed by atoms with Crippen molar-refractivity contribution in [1.82, 2.24) is 0 Å². The number of hydrogen-bond acceptors (Lipinski definition) is 7. The van der Waals surface area contributed by atoms with Crippen molar-refractivity contribution in [3.05, 3.63) is 47.0 Å². The highest BCUT2D eigenvalue weighted by Gasteiger charge is 2.39. The smallest absolute Gasteiger partial charge is 0.238 e. The molecule has 0 amide bonds. The van der Waals surface area contributed by atoms with Crippen LogP contribution in [0.5, 0.6) is 23.0 Å². The Hall–Kier alpha value is -3.58. The molecule has 0 aromatic heterocycles. The van der Waals surface area contributed by atoms with Crippen LogP contribution >= 0.6 is 0 Å². The minimum atomic E-state index is -0.724. The van der Waals surface area contributed by atoms with Crippen molar-refractivity contribution in [3.63, 3.8) is 0 Å². The summed E-state index contributed by atoms with van der Waals surface area (Å²) < 4.78 is 22.4. The summed E-state index contributed by atoms with van der Waals surface area (Å²) in [5.41, 5.74) is 1.55. The average molecular weight is 408 g/mol. The van der Waals surface area contributed by atoms with Gasteiger partial charge in [-0.15, -0.1) is 0 Å². The predicted octanol–water partition coefficient (Wildman–Crippen LogP) is 3.41. The third kappa shape index (κ3) is 2.55. The standard InChI is InChI=1S/C23H20O7/c1-27-14-7-5-6-12-17(14)23(30-4)19-18(22(12)29-3)16-13(20(25)21(19)26)8-11(10-24)9-15(16)28-2/h5-9,24H,10H2,1-4H3. The lowest BCUT2D eigenvalue weighted by atomic mass is 9.79. The first-order valence-corrected chi connectivity index (χ1v) is 9.18. The van der Waals surface area contributed by atoms with Crippen molar-refractivity contribution in [3.8, 4) is 34.1 Å². The van der Waals surface area contributed by atoms with Crippen LogP contribution in [0.15, 0.2) is 30.3 Å². The molecule has 30 heavy (non-hydrogen) atoms. The maximum atomic E-state index is 13.2. The molecule has 0 radical (unpaired) electrons. The molecule has 0 unspecified atom stereocenters. The maximum absolute atomic E-state index is 13.2. The summed E-state index contributed by atoms with van der Waals surface area (Å²) in [5, 5.41) is 10.8. The Balaban J connectivity index is 2.28. The quantitative estimate of drug-likeness (QED) is 0.647. The Morgan fingerprint density at radius 1 is 0.767 bits per heavy atom. The fourth-order valence-electron chi connectivity index (χ4n) is 4.08. The van der Waals surface area contributed by atoms with Crippen LogP contribution in [-0.4, -0.2) is 45.1 Å². The number of benzene rings is 3. The number of carbonyl (C=O) groups is 2. The number of rotatable bonds is 5. The number of ketones is 2. The molecule has 0 saturated carbocycles. The first kappa shape index (κ1) is 19.7. The van der Waals surface area contributed by atoms with E-state index in [2.05, 4.69) is 0 Å². The molecule has 0 bridgehead atoms. The number of Topliss-reactive ketones (excluding diaryl/α,β-unsaturated/α-hetero) is 2. The van der Waals surface area contributed by atoms with Gasteiger partial charge in [0.25, 0.3) is 0 Å². The Bertz CT molecular complexity index is 1210. The number of methoxy groups -OCH3 is 4. The monoisotopic (exact) mass is 408 g/mol. The van der Waals surface area contributed by atoms with Gasteiger partial charge in [-0.1, -0.05) is 12.1 Å². The van der Waals surface area contributed by atoms with Crippen molar-refractivity contribution in [2.75, 3.05) is 28.4 Å². The van der Waals surface area contributed by atoms with Crippen molar-refractivity contribution < 1.29 is 33.6 Å². The molecular weight excluding hydrogens is 388 g/mol. The number of aliphatic hydroxyl groups is 1. The van der Waals surface area contributed by atoms with E-state index in [1.54, 1.807) is 18.2 Å². The minimum absolute atomic E-state index is 0.0962. The van der Waals surface area contributed by atoms with Gasteiger partial charge in [0.2, 0.25) is 11.6 Å². The van der Waals surface area contributed by atoms with E-state index in [4.69, 9.17) is 18.9 Å². The molecule has 1 aliphatic rings. The summed E-state index contributed by atoms with van der Waals surface area (Å²) in [6.45, 7) is -0.298. The highest BCUT2D eigenvalue weighted by atomic mass is 16.5. The summed E-state index contributed by atoms with van der Waals surface area (Å²) in [4.78, 5) is 26.3. The van der Waals surface area contributed by atoms with Crippen molar-refractivity contribution in [1.29, 1.82) is 0 Å². The van der Waals surface area contributed by atoms with Gasteiger partial charge in [-0.05, 0) is 23.8 Å². The van der Waals surface area contributed by atoms with Crippen molar-refractivity contribution in [2.45, 2.75) is 6.61 Å². The van der Waals surface area contributed by atoms with Gasteiger partial charge >= 0.3 is 0 Å². The molecule has 0 fully saturated rings. The van der Waals surface area contributed by atoms with E-state index < -0.39 is 11.6 Å². The molecule has 3 aromatic carbocycles. The molecule has 154 valence electrons. The van der Waals surface area contributed by atoms with Crippen LogP contribution in [0.4, 0.5) is 0 Å². The second-order valence-corrected chi connectivity index (χ2v) is 6.74. The topological polar surface area (TPSA) is 91.3 Å². The first-order valence-electron chi connectivity index (χ1n) is 9.18. The van der Waals surface area contributed by atoms with E-state index in [0.29, 0.717) is 44.7 Å². The molecular formula is C23H20O7. The number of aliphatic hydroxyl groups excluding tert-OH is 1. The van der Waals surface area contributed by atoms with Crippen molar-refractivity contribution in [2.24, 2.45) is 0 Å². The zero-order valence-corrected chi connectivity index (χ0v) is 17.0. The predicted molar refractivity (Wildman–Crippen MR) is 110 cm³/mol. The van der Waals surface area contributed by atoms with Gasteiger partial charge in [0.15, 0.2) is 0 Å². The number of carbonyl (C=O) groups excluding carboxylic acids is 2. The summed E-state index contributed by atoms with van der Waals surface area (Å²) in [6, 6.07) is 8.51. The van der Waals surface area contributed by atoms with E-state index in [1.807, 2.05) is 6.07 Å². The van der Waals surface area contributed by atoms with Crippen LogP contribution in [0.2, 0.25) is 0 Å². The highest BCUT2D eigenvalue weighted by molar-refractivity contribution is 6.54. The van der Waals surface area contributed by atoms with Gasteiger partial charge < -0.3 is 24.1 Å². The van der Waals surface area contributed by atoms with Crippen LogP contribution in [0.3, 0.4) is 0 Å². The van der Waals surface area contributed by atoms with Gasteiger partial charge in [0.1, 0.15) is 23.0 Å². The minimum Gasteiger partial charge on any atom is -0.496 e. The lowest BCUT2D eigenvalue weighted by Gasteiger charge is -2.26. The fraction of sp³-hybridized carbons (Fsp3) is 0.217. The Kier molecular flexibility index (Phi) is 4.83. The summed E-state index contributed by atoms with van der Waals surface area (Å²) in [6.07, 6.45) is 0. The van der Waals surface area contributed by atoms with E-state index >= 15 is 0 Å². The molecule has 7 heteroatoms. The molecule has 3 aromatic rings. The second kappa shape index (κ2) is 7.35. The highest BCUT2D eigenvalue weighted by Crippen LogP contribution is 2.53. The molecule has 1 aliphatic carbocycles. The van der Waals surface area contributed by atoms with Gasteiger partial charge in [-0.25, -0.2) is 0 Å². The molecule has 0 saturated heterocycles.